The van der Waals surface area contributed by atoms with Gasteiger partial charge in [0.25, 0.3) is 5.56 Å². The van der Waals surface area contributed by atoms with E-state index < -0.39 is 36.4 Å². The second-order valence-electron chi connectivity index (χ2n) is 6.17. The lowest BCUT2D eigenvalue weighted by Crippen LogP contribution is -2.42. The van der Waals surface area contributed by atoms with Crippen LogP contribution >= 0.6 is 0 Å². The zero-order chi connectivity index (χ0) is 18.8. The Morgan fingerprint density at radius 3 is 2.81 bits per heavy atom. The minimum absolute atomic E-state index is 0.0380. The third-order valence-electron chi connectivity index (χ3n) is 4.28. The summed E-state index contributed by atoms with van der Waals surface area (Å²) >= 11 is 0. The van der Waals surface area contributed by atoms with Gasteiger partial charge < -0.3 is 14.9 Å². The van der Waals surface area contributed by atoms with E-state index in [-0.39, 0.29) is 26.1 Å². The van der Waals surface area contributed by atoms with Crippen LogP contribution in [0.3, 0.4) is 0 Å². The number of halogens is 1. The van der Waals surface area contributed by atoms with Gasteiger partial charge in [0.2, 0.25) is 0 Å². The molecule has 3 heterocycles. The number of hydrogen-bond acceptors (Lipinski definition) is 7. The van der Waals surface area contributed by atoms with E-state index in [4.69, 9.17) is 4.74 Å². The van der Waals surface area contributed by atoms with Gasteiger partial charge in [0.1, 0.15) is 24.7 Å². The first kappa shape index (κ1) is 18.4. The summed E-state index contributed by atoms with van der Waals surface area (Å²) in [6.45, 7) is 0.500. The molecule has 1 fully saturated rings. The van der Waals surface area contributed by atoms with Crippen molar-refractivity contribution in [1.82, 2.24) is 24.1 Å². The fourth-order valence-electron chi connectivity index (χ4n) is 2.92. The first-order valence-corrected chi connectivity index (χ1v) is 8.16. The maximum absolute atomic E-state index is 12.8. The average Bonchev–Trinajstić information content (AvgIpc) is 3.21. The van der Waals surface area contributed by atoms with Crippen LogP contribution in [0.15, 0.2) is 22.0 Å². The number of aromatic nitrogens is 5. The Labute approximate surface area is 147 Å². The Morgan fingerprint density at radius 1 is 1.38 bits per heavy atom. The smallest absolute Gasteiger partial charge is 0.333 e. The predicted octanol–water partition coefficient (Wildman–Crippen LogP) is -1.43. The van der Waals surface area contributed by atoms with Crippen molar-refractivity contribution in [2.75, 3.05) is 13.3 Å². The molecule has 0 spiro atoms. The van der Waals surface area contributed by atoms with E-state index in [0.29, 0.717) is 11.3 Å². The van der Waals surface area contributed by atoms with Crippen LogP contribution in [0.5, 0.6) is 0 Å². The fraction of sp³-hybridized carbons (Fsp3) is 0.600. The molecule has 142 valence electrons. The average molecular weight is 368 g/mol. The van der Waals surface area contributed by atoms with E-state index in [0.717, 1.165) is 4.57 Å². The van der Waals surface area contributed by atoms with Crippen LogP contribution in [0.4, 0.5) is 4.39 Å². The molecule has 0 aliphatic carbocycles. The normalized spacial score (nSPS) is 22.8. The molecule has 2 N–H and O–H groups in total. The zero-order valence-electron chi connectivity index (χ0n) is 14.2. The van der Waals surface area contributed by atoms with Crippen molar-refractivity contribution in [3.05, 3.63) is 44.5 Å². The summed E-state index contributed by atoms with van der Waals surface area (Å²) in [4.78, 5) is 25.1. The molecule has 26 heavy (non-hydrogen) atoms. The third-order valence-corrected chi connectivity index (χ3v) is 4.28. The third kappa shape index (κ3) is 3.45. The molecule has 3 atom stereocenters. The van der Waals surface area contributed by atoms with E-state index in [1.807, 2.05) is 0 Å². The molecule has 0 radical (unpaired) electrons. The molecule has 0 saturated carbocycles. The van der Waals surface area contributed by atoms with Crippen LogP contribution in [0.25, 0.3) is 0 Å². The summed E-state index contributed by atoms with van der Waals surface area (Å²) in [5.41, 5.74) is -0.457. The Hall–Kier alpha value is -2.37. The highest BCUT2D eigenvalue weighted by Gasteiger charge is 2.35. The lowest BCUT2D eigenvalue weighted by molar-refractivity contribution is -0.0463. The van der Waals surface area contributed by atoms with Gasteiger partial charge in [-0.25, -0.2) is 13.9 Å². The number of ether oxygens (including phenoxy) is 1. The quantitative estimate of drug-likeness (QED) is 0.640. The van der Waals surface area contributed by atoms with Crippen molar-refractivity contribution in [2.24, 2.45) is 0 Å². The number of aliphatic hydroxyl groups excluding tert-OH is 2. The fourth-order valence-corrected chi connectivity index (χ4v) is 2.92. The standard InChI is InChI=1S/C15H20FN5O5/c1-9-5-20(13-4-11(23)12(8-22)26-13)15(25)21(14(9)24)7-10-6-19(3-2-16)18-17-10/h5-6,11-13,22-23H,2-4,7-8H2,1H3/t11-,12+,13+/m0/s1/i16-1. The SMILES string of the molecule is Cc1cn([C@H]2C[C@H](O)[C@@H](CO)O2)c(=O)n(Cc2cn(CC[18F])nn2)c1=O. The highest BCUT2D eigenvalue weighted by molar-refractivity contribution is 5.06. The van der Waals surface area contributed by atoms with Gasteiger partial charge in [-0.3, -0.25) is 13.9 Å². The molecule has 0 bridgehead atoms. The zero-order valence-corrected chi connectivity index (χ0v) is 14.2. The predicted molar refractivity (Wildman–Crippen MR) is 86.4 cm³/mol. The summed E-state index contributed by atoms with van der Waals surface area (Å²) in [5, 5.41) is 26.6. The van der Waals surface area contributed by atoms with Crippen molar-refractivity contribution >= 4 is 0 Å². The molecule has 11 heteroatoms. The van der Waals surface area contributed by atoms with Gasteiger partial charge in [0, 0.05) is 18.2 Å². The van der Waals surface area contributed by atoms with Crippen LogP contribution in [0, 0.1) is 6.92 Å². The molecule has 10 nitrogen and oxygen atoms in total. The molecular formula is C15H20FN5O5. The largest absolute Gasteiger partial charge is 0.394 e. The molecule has 3 rings (SSSR count). The summed E-state index contributed by atoms with van der Waals surface area (Å²) < 4.78 is 21.4. The number of alkyl halides is 1. The van der Waals surface area contributed by atoms with Gasteiger partial charge >= 0.3 is 5.69 Å². The van der Waals surface area contributed by atoms with Gasteiger partial charge in [0.15, 0.2) is 0 Å². The number of rotatable bonds is 6. The summed E-state index contributed by atoms with van der Waals surface area (Å²) in [6.07, 6.45) is 0.484. The van der Waals surface area contributed by atoms with Crippen molar-refractivity contribution in [3.8, 4) is 0 Å². The summed E-state index contributed by atoms with van der Waals surface area (Å²) in [7, 11) is 0. The monoisotopic (exact) mass is 368 g/mol. The Kier molecular flexibility index (Phi) is 5.30. The van der Waals surface area contributed by atoms with E-state index in [9.17, 15) is 24.2 Å². The summed E-state index contributed by atoms with van der Waals surface area (Å²) in [6, 6.07) is 0. The highest BCUT2D eigenvalue weighted by Crippen LogP contribution is 2.27. The Morgan fingerprint density at radius 2 is 2.15 bits per heavy atom. The molecule has 0 amide bonds. The number of nitrogens with zero attached hydrogens (tertiary/aromatic N) is 5. The number of aryl methyl sites for hydroxylation is 2. The molecular weight excluding hydrogens is 348 g/mol. The summed E-state index contributed by atoms with van der Waals surface area (Å²) in [5.74, 6) is 0. The lowest BCUT2D eigenvalue weighted by Gasteiger charge is -2.17. The van der Waals surface area contributed by atoms with E-state index in [1.165, 1.54) is 21.6 Å². The van der Waals surface area contributed by atoms with E-state index in [1.54, 1.807) is 6.92 Å². The van der Waals surface area contributed by atoms with Crippen LogP contribution in [-0.2, 0) is 17.8 Å². The minimum Gasteiger partial charge on any atom is -0.394 e. The van der Waals surface area contributed by atoms with Crippen molar-refractivity contribution < 1.29 is 19.3 Å². The first-order valence-electron chi connectivity index (χ1n) is 8.16. The van der Waals surface area contributed by atoms with E-state index >= 15 is 0 Å². The second kappa shape index (κ2) is 7.48. The van der Waals surface area contributed by atoms with Crippen LogP contribution in [0.1, 0.15) is 23.9 Å². The Bertz CT molecular complexity index is 891. The van der Waals surface area contributed by atoms with Crippen molar-refractivity contribution in [3.63, 3.8) is 0 Å². The van der Waals surface area contributed by atoms with Crippen LogP contribution in [0.2, 0.25) is 0 Å². The Balaban J connectivity index is 1.94. The molecule has 1 saturated heterocycles. The van der Waals surface area contributed by atoms with Crippen molar-refractivity contribution in [2.45, 2.75) is 44.9 Å². The van der Waals surface area contributed by atoms with Gasteiger partial charge in [-0.05, 0) is 6.92 Å². The van der Waals surface area contributed by atoms with Gasteiger partial charge in [-0.2, -0.15) is 0 Å². The van der Waals surface area contributed by atoms with Crippen molar-refractivity contribution in [1.29, 1.82) is 0 Å². The minimum atomic E-state index is -0.904. The molecule has 0 aromatic carbocycles. The van der Waals surface area contributed by atoms with E-state index in [2.05, 4.69) is 10.3 Å². The van der Waals surface area contributed by atoms with Gasteiger partial charge in [0.05, 0.1) is 32.0 Å². The van der Waals surface area contributed by atoms with Crippen LogP contribution < -0.4 is 11.2 Å². The molecule has 2 aromatic rings. The maximum Gasteiger partial charge on any atom is 0.333 e. The first-order chi connectivity index (χ1) is 12.4. The van der Waals surface area contributed by atoms with Gasteiger partial charge in [-0.1, -0.05) is 5.21 Å². The second-order valence-corrected chi connectivity index (χ2v) is 6.17. The molecule has 2 aromatic heterocycles. The molecule has 1 aliphatic heterocycles. The lowest BCUT2D eigenvalue weighted by atomic mass is 10.2. The van der Waals surface area contributed by atoms with Gasteiger partial charge in [-0.15, -0.1) is 5.10 Å². The number of hydrogen-bond donors (Lipinski definition) is 2. The topological polar surface area (TPSA) is 124 Å². The molecule has 1 aliphatic rings. The number of aliphatic hydroxyl groups is 2. The highest BCUT2D eigenvalue weighted by atomic mass is 18.2. The molecule has 0 unspecified atom stereocenters. The van der Waals surface area contributed by atoms with Crippen LogP contribution in [-0.4, -0.2) is 59.8 Å². The maximum atomic E-state index is 12.8.